The molecule has 3 nitrogen and oxygen atoms in total. The minimum atomic E-state index is -0.0906. The van der Waals surface area contributed by atoms with Gasteiger partial charge in [0.05, 0.1) is 5.69 Å². The zero-order valence-electron chi connectivity index (χ0n) is 10.4. The summed E-state index contributed by atoms with van der Waals surface area (Å²) in [5, 5.41) is 6.83. The summed E-state index contributed by atoms with van der Waals surface area (Å²) in [6.07, 6.45) is 0. The van der Waals surface area contributed by atoms with Crippen LogP contribution in [0.2, 0.25) is 0 Å². The molecule has 0 saturated heterocycles. The topological polar surface area (TPSA) is 55.1 Å². The minimum Gasteiger partial charge on any atom is -0.397 e. The Morgan fingerprint density at radius 2 is 2.11 bits per heavy atom. The predicted octanol–water partition coefficient (Wildman–Crippen LogP) is 3.10. The molecule has 0 spiro atoms. The molecule has 0 aliphatic heterocycles. The number of amides is 1. The van der Waals surface area contributed by atoms with Crippen LogP contribution < -0.4 is 11.1 Å². The SMILES string of the molecule is CC(C)(CNC(=O)c1sccc1N)c1cccs1. The molecule has 3 N–H and O–H groups in total. The fraction of sp³-hybridized carbons (Fsp3) is 0.308. The molecule has 0 radical (unpaired) electrons. The minimum absolute atomic E-state index is 0.0597. The number of carbonyl (C=O) groups is 1. The third-order valence-corrected chi connectivity index (χ3v) is 4.95. The van der Waals surface area contributed by atoms with Crippen molar-refractivity contribution in [3.05, 3.63) is 38.7 Å². The highest BCUT2D eigenvalue weighted by Crippen LogP contribution is 2.27. The zero-order valence-corrected chi connectivity index (χ0v) is 12.0. The first-order valence-corrected chi connectivity index (χ1v) is 7.42. The fourth-order valence-corrected chi connectivity index (χ4v) is 3.22. The lowest BCUT2D eigenvalue weighted by Gasteiger charge is -2.23. The Kier molecular flexibility index (Phi) is 3.73. The number of anilines is 1. The lowest BCUT2D eigenvalue weighted by atomic mass is 9.91. The van der Waals surface area contributed by atoms with Gasteiger partial charge in [-0.3, -0.25) is 4.79 Å². The van der Waals surface area contributed by atoms with Crippen molar-refractivity contribution in [3.8, 4) is 0 Å². The first kappa shape index (κ1) is 13.1. The average Bonchev–Trinajstić information content (AvgIpc) is 2.96. The van der Waals surface area contributed by atoms with Gasteiger partial charge in [-0.2, -0.15) is 0 Å². The van der Waals surface area contributed by atoms with Crippen LogP contribution in [0.3, 0.4) is 0 Å². The molecule has 0 atom stereocenters. The summed E-state index contributed by atoms with van der Waals surface area (Å²) in [4.78, 5) is 13.8. The molecule has 2 aromatic heterocycles. The molecule has 2 heterocycles. The van der Waals surface area contributed by atoms with E-state index in [1.807, 2.05) is 11.4 Å². The van der Waals surface area contributed by atoms with E-state index >= 15 is 0 Å². The van der Waals surface area contributed by atoms with Crippen molar-refractivity contribution in [1.82, 2.24) is 5.32 Å². The van der Waals surface area contributed by atoms with Crippen LogP contribution in [0.1, 0.15) is 28.4 Å². The number of hydrogen-bond acceptors (Lipinski definition) is 4. The van der Waals surface area contributed by atoms with Crippen LogP contribution in [-0.4, -0.2) is 12.5 Å². The van der Waals surface area contributed by atoms with E-state index < -0.39 is 0 Å². The lowest BCUT2D eigenvalue weighted by Crippen LogP contribution is -2.36. The van der Waals surface area contributed by atoms with Gasteiger partial charge in [-0.05, 0) is 22.9 Å². The van der Waals surface area contributed by atoms with Gasteiger partial charge in [-0.25, -0.2) is 0 Å². The van der Waals surface area contributed by atoms with Crippen molar-refractivity contribution < 1.29 is 4.79 Å². The van der Waals surface area contributed by atoms with Gasteiger partial charge in [0, 0.05) is 16.8 Å². The lowest BCUT2D eigenvalue weighted by molar-refractivity contribution is 0.0951. The van der Waals surface area contributed by atoms with Crippen LogP contribution >= 0.6 is 22.7 Å². The Hall–Kier alpha value is -1.33. The zero-order chi connectivity index (χ0) is 13.2. The number of rotatable bonds is 4. The molecule has 0 aliphatic rings. The van der Waals surface area contributed by atoms with Crippen molar-refractivity contribution in [1.29, 1.82) is 0 Å². The number of nitrogen functional groups attached to an aromatic ring is 1. The molecule has 0 aliphatic carbocycles. The molecule has 0 aromatic carbocycles. The van der Waals surface area contributed by atoms with Crippen LogP contribution in [0.5, 0.6) is 0 Å². The second-order valence-corrected chi connectivity index (χ2v) is 6.61. The quantitative estimate of drug-likeness (QED) is 0.904. The molecule has 0 fully saturated rings. The first-order chi connectivity index (χ1) is 8.50. The maximum absolute atomic E-state index is 12.0. The highest BCUT2D eigenvalue weighted by molar-refractivity contribution is 7.12. The number of carbonyl (C=O) groups excluding carboxylic acids is 1. The number of nitrogens with two attached hydrogens (primary N) is 1. The van der Waals surface area contributed by atoms with E-state index in [2.05, 4.69) is 30.6 Å². The Balaban J connectivity index is 2.00. The molecule has 5 heteroatoms. The van der Waals surface area contributed by atoms with Gasteiger partial charge in [0.2, 0.25) is 0 Å². The molecule has 0 bridgehead atoms. The number of nitrogens with one attached hydrogen (secondary N) is 1. The van der Waals surface area contributed by atoms with Gasteiger partial charge in [0.25, 0.3) is 5.91 Å². The van der Waals surface area contributed by atoms with Gasteiger partial charge < -0.3 is 11.1 Å². The summed E-state index contributed by atoms with van der Waals surface area (Å²) >= 11 is 3.08. The molecule has 1 amide bonds. The summed E-state index contributed by atoms with van der Waals surface area (Å²) in [7, 11) is 0. The summed E-state index contributed by atoms with van der Waals surface area (Å²) < 4.78 is 0. The van der Waals surface area contributed by atoms with Gasteiger partial charge in [-0.1, -0.05) is 19.9 Å². The van der Waals surface area contributed by atoms with Crippen LogP contribution in [0.4, 0.5) is 5.69 Å². The predicted molar refractivity (Wildman–Crippen MR) is 78.4 cm³/mol. The average molecular weight is 280 g/mol. The Bertz CT molecular complexity index is 529. The Morgan fingerprint density at radius 1 is 1.33 bits per heavy atom. The number of thiophene rings is 2. The van der Waals surface area contributed by atoms with Crippen molar-refractivity contribution in [2.24, 2.45) is 0 Å². The molecule has 2 rings (SSSR count). The largest absolute Gasteiger partial charge is 0.397 e. The molecular weight excluding hydrogens is 264 g/mol. The van der Waals surface area contributed by atoms with Crippen molar-refractivity contribution >= 4 is 34.3 Å². The van der Waals surface area contributed by atoms with Crippen molar-refractivity contribution in [3.63, 3.8) is 0 Å². The summed E-state index contributed by atoms with van der Waals surface area (Å²) in [5.74, 6) is -0.0906. The summed E-state index contributed by atoms with van der Waals surface area (Å²) in [6.45, 7) is 4.84. The van der Waals surface area contributed by atoms with E-state index in [4.69, 9.17) is 5.73 Å². The second-order valence-electron chi connectivity index (χ2n) is 4.75. The van der Waals surface area contributed by atoms with Gasteiger partial charge in [0.1, 0.15) is 4.88 Å². The van der Waals surface area contributed by atoms with Gasteiger partial charge in [-0.15, -0.1) is 22.7 Å². The monoisotopic (exact) mass is 280 g/mol. The van der Waals surface area contributed by atoms with Gasteiger partial charge >= 0.3 is 0 Å². The molecule has 96 valence electrons. The summed E-state index contributed by atoms with van der Waals surface area (Å²) in [6, 6.07) is 5.88. The standard InChI is InChI=1S/C13H16N2OS2/c1-13(2,10-4-3-6-17-10)8-15-12(16)11-9(14)5-7-18-11/h3-7H,8,14H2,1-2H3,(H,15,16). The van der Waals surface area contributed by atoms with E-state index in [1.54, 1.807) is 17.4 Å². The Labute approximate surface area is 115 Å². The maximum atomic E-state index is 12.0. The highest BCUT2D eigenvalue weighted by atomic mass is 32.1. The van der Waals surface area contributed by atoms with Crippen LogP contribution in [0.15, 0.2) is 29.0 Å². The fourth-order valence-electron chi connectivity index (χ4n) is 1.64. The van der Waals surface area contributed by atoms with E-state index in [9.17, 15) is 4.79 Å². The van der Waals surface area contributed by atoms with Crippen molar-refractivity contribution in [2.45, 2.75) is 19.3 Å². The van der Waals surface area contributed by atoms with Crippen LogP contribution in [0.25, 0.3) is 0 Å². The highest BCUT2D eigenvalue weighted by Gasteiger charge is 2.23. The molecule has 0 saturated carbocycles. The van der Waals surface area contributed by atoms with E-state index in [0.717, 1.165) is 0 Å². The molecule has 18 heavy (non-hydrogen) atoms. The van der Waals surface area contributed by atoms with E-state index in [-0.39, 0.29) is 11.3 Å². The van der Waals surface area contributed by atoms with Crippen LogP contribution in [-0.2, 0) is 5.41 Å². The molecule has 2 aromatic rings. The normalized spacial score (nSPS) is 11.4. The molecule has 0 unspecified atom stereocenters. The van der Waals surface area contributed by atoms with Crippen LogP contribution in [0, 0.1) is 0 Å². The maximum Gasteiger partial charge on any atom is 0.263 e. The van der Waals surface area contributed by atoms with E-state index in [0.29, 0.717) is 17.1 Å². The smallest absolute Gasteiger partial charge is 0.263 e. The molecular formula is C13H16N2OS2. The Morgan fingerprint density at radius 3 is 2.67 bits per heavy atom. The van der Waals surface area contributed by atoms with E-state index in [1.165, 1.54) is 16.2 Å². The third-order valence-electron chi connectivity index (χ3n) is 2.78. The first-order valence-electron chi connectivity index (χ1n) is 5.66. The van der Waals surface area contributed by atoms with Gasteiger partial charge in [0.15, 0.2) is 0 Å². The summed E-state index contributed by atoms with van der Waals surface area (Å²) in [5.41, 5.74) is 6.21. The third kappa shape index (κ3) is 2.73. The van der Waals surface area contributed by atoms with Crippen molar-refractivity contribution in [2.75, 3.05) is 12.3 Å². The second kappa shape index (κ2) is 5.12. The number of hydrogen-bond donors (Lipinski definition) is 2.